The van der Waals surface area contributed by atoms with Gasteiger partial charge < -0.3 is 10.3 Å². The highest BCUT2D eigenvalue weighted by Crippen LogP contribution is 2.35. The van der Waals surface area contributed by atoms with Crippen molar-refractivity contribution in [2.24, 2.45) is 0 Å². The Morgan fingerprint density at radius 2 is 1.79 bits per heavy atom. The first kappa shape index (κ1) is 21.6. The number of alkyl halides is 3. The lowest BCUT2D eigenvalue weighted by molar-refractivity contribution is -0.136. The van der Waals surface area contributed by atoms with Crippen molar-refractivity contribution in [1.82, 2.24) is 19.5 Å². The number of para-hydroxylation sites is 1. The molecule has 10 heteroatoms. The summed E-state index contributed by atoms with van der Waals surface area (Å²) in [5, 5.41) is 2.95. The average Bonchev–Trinajstić information content (AvgIpc) is 3.20. The Morgan fingerprint density at radius 1 is 1.03 bits per heavy atom. The van der Waals surface area contributed by atoms with Crippen molar-refractivity contribution in [3.05, 3.63) is 94.5 Å². The molecule has 0 aliphatic carbocycles. The van der Waals surface area contributed by atoms with Gasteiger partial charge in [-0.2, -0.15) is 13.2 Å². The summed E-state index contributed by atoms with van der Waals surface area (Å²) >= 11 is 0. The highest BCUT2D eigenvalue weighted by atomic mass is 19.4. The second-order valence-corrected chi connectivity index (χ2v) is 7.76. The first-order chi connectivity index (χ1) is 16.3. The van der Waals surface area contributed by atoms with E-state index in [2.05, 4.69) is 20.3 Å². The summed E-state index contributed by atoms with van der Waals surface area (Å²) in [6, 6.07) is 12.9. The summed E-state index contributed by atoms with van der Waals surface area (Å²) in [6.07, 6.45) is -2.28. The van der Waals surface area contributed by atoms with E-state index in [1.54, 1.807) is 37.3 Å². The van der Waals surface area contributed by atoms with Gasteiger partial charge in [0.05, 0.1) is 22.4 Å². The number of nitrogens with zero attached hydrogens (tertiary/aromatic N) is 3. The number of anilines is 1. The maximum Gasteiger partial charge on any atom is 0.417 e. The number of nitrogens with one attached hydrogen (secondary N) is 2. The third-order valence-electron chi connectivity index (χ3n) is 5.61. The molecule has 3 aromatic heterocycles. The molecule has 5 aromatic rings. The molecular weight excluding hydrogens is 450 g/mol. The van der Waals surface area contributed by atoms with Crippen molar-refractivity contribution in [2.45, 2.75) is 19.1 Å². The minimum atomic E-state index is -4.70. The Hall–Kier alpha value is -4.21. The van der Waals surface area contributed by atoms with E-state index in [-0.39, 0.29) is 22.2 Å². The summed E-state index contributed by atoms with van der Waals surface area (Å²) in [5.41, 5.74) is -0.739. The Kier molecular flexibility index (Phi) is 5.07. The molecule has 0 radical (unpaired) electrons. The number of pyridine rings is 1. The largest absolute Gasteiger partial charge is 0.417 e. The maximum atomic E-state index is 14.3. The van der Waals surface area contributed by atoms with Crippen LogP contribution in [0.3, 0.4) is 0 Å². The van der Waals surface area contributed by atoms with Crippen LogP contribution in [-0.4, -0.2) is 19.5 Å². The molecule has 0 amide bonds. The predicted octanol–water partition coefficient (Wildman–Crippen LogP) is 5.59. The van der Waals surface area contributed by atoms with Gasteiger partial charge in [-0.1, -0.05) is 30.3 Å². The lowest BCUT2D eigenvalue weighted by atomic mass is 10.0. The van der Waals surface area contributed by atoms with Crippen LogP contribution in [0.5, 0.6) is 0 Å². The molecule has 0 fully saturated rings. The third kappa shape index (κ3) is 3.57. The zero-order valence-corrected chi connectivity index (χ0v) is 17.7. The van der Waals surface area contributed by atoms with Gasteiger partial charge in [0.25, 0.3) is 5.56 Å². The van der Waals surface area contributed by atoms with Gasteiger partial charge in [0.2, 0.25) is 0 Å². The van der Waals surface area contributed by atoms with Crippen molar-refractivity contribution < 1.29 is 17.6 Å². The standard InChI is InChI=1S/C24H17F4N5O/c1-13(32-22-20-17(25)11-29-21(20)30-12-31-22)18-10-14-6-5-9-16(24(26,27)28)19(14)23(34)33(18)15-7-3-2-4-8-15/h2-13H,1H3,(H2,29,30,31,32). The van der Waals surface area contributed by atoms with Crippen LogP contribution in [0.25, 0.3) is 27.5 Å². The first-order valence-corrected chi connectivity index (χ1v) is 10.3. The van der Waals surface area contributed by atoms with Gasteiger partial charge >= 0.3 is 6.18 Å². The van der Waals surface area contributed by atoms with E-state index >= 15 is 0 Å². The van der Waals surface area contributed by atoms with Crippen molar-refractivity contribution in [2.75, 3.05) is 5.32 Å². The quantitative estimate of drug-likeness (QED) is 0.338. The number of fused-ring (bicyclic) bond motifs is 2. The summed E-state index contributed by atoms with van der Waals surface area (Å²) in [5.74, 6) is -0.369. The smallest absolute Gasteiger partial charge is 0.361 e. The van der Waals surface area contributed by atoms with E-state index in [9.17, 15) is 22.4 Å². The summed E-state index contributed by atoms with van der Waals surface area (Å²) in [6.45, 7) is 1.71. The van der Waals surface area contributed by atoms with Crippen molar-refractivity contribution >= 4 is 27.6 Å². The molecule has 2 N–H and O–H groups in total. The minimum Gasteiger partial charge on any atom is -0.361 e. The molecule has 5 rings (SSSR count). The van der Waals surface area contributed by atoms with Gasteiger partial charge in [0.15, 0.2) is 5.82 Å². The van der Waals surface area contributed by atoms with Crippen LogP contribution in [0.1, 0.15) is 24.2 Å². The van der Waals surface area contributed by atoms with Gasteiger partial charge in [-0.15, -0.1) is 0 Å². The van der Waals surface area contributed by atoms with Crippen molar-refractivity contribution in [3.63, 3.8) is 0 Å². The fraction of sp³-hybridized carbons (Fsp3) is 0.125. The Morgan fingerprint density at radius 3 is 2.53 bits per heavy atom. The number of rotatable bonds is 4. The number of H-pyrrole nitrogens is 1. The fourth-order valence-electron chi connectivity index (χ4n) is 4.09. The molecule has 1 atom stereocenters. The minimum absolute atomic E-state index is 0.142. The molecule has 3 heterocycles. The van der Waals surface area contributed by atoms with Crippen LogP contribution in [0, 0.1) is 5.82 Å². The number of aromatic nitrogens is 4. The fourth-order valence-corrected chi connectivity index (χ4v) is 4.09. The van der Waals surface area contributed by atoms with Crippen LogP contribution in [0.2, 0.25) is 0 Å². The van der Waals surface area contributed by atoms with Gasteiger partial charge in [0, 0.05) is 17.6 Å². The third-order valence-corrected chi connectivity index (χ3v) is 5.61. The van der Waals surface area contributed by atoms with Crippen LogP contribution in [-0.2, 0) is 6.18 Å². The highest BCUT2D eigenvalue weighted by Gasteiger charge is 2.34. The SMILES string of the molecule is CC(Nc1ncnc2[nH]cc(F)c12)c1cc2cccc(C(F)(F)F)c2c(=O)n1-c1ccccc1. The van der Waals surface area contributed by atoms with Gasteiger partial charge in [0.1, 0.15) is 17.8 Å². The van der Waals surface area contributed by atoms with Crippen LogP contribution < -0.4 is 10.9 Å². The molecule has 0 aliphatic rings. The molecule has 0 saturated heterocycles. The van der Waals surface area contributed by atoms with Crippen LogP contribution in [0.15, 0.2) is 71.9 Å². The molecule has 0 bridgehead atoms. The number of hydrogen-bond acceptors (Lipinski definition) is 4. The monoisotopic (exact) mass is 467 g/mol. The zero-order valence-electron chi connectivity index (χ0n) is 17.7. The zero-order chi connectivity index (χ0) is 24.0. The van der Waals surface area contributed by atoms with Gasteiger partial charge in [-0.05, 0) is 36.6 Å². The molecule has 2 aromatic carbocycles. The second kappa shape index (κ2) is 7.98. The van der Waals surface area contributed by atoms with Gasteiger partial charge in [-0.25, -0.2) is 14.4 Å². The Balaban J connectivity index is 1.74. The lowest BCUT2D eigenvalue weighted by Gasteiger charge is -2.22. The van der Waals surface area contributed by atoms with Gasteiger partial charge in [-0.3, -0.25) is 9.36 Å². The molecule has 1 unspecified atom stereocenters. The van der Waals surface area contributed by atoms with E-state index in [0.717, 1.165) is 12.3 Å². The highest BCUT2D eigenvalue weighted by molar-refractivity contribution is 5.88. The molecular formula is C24H17F4N5O. The van der Waals surface area contributed by atoms with Crippen molar-refractivity contribution in [1.29, 1.82) is 0 Å². The molecule has 34 heavy (non-hydrogen) atoms. The molecule has 0 aliphatic heterocycles. The van der Waals surface area contributed by atoms with Crippen molar-refractivity contribution in [3.8, 4) is 5.69 Å². The van der Waals surface area contributed by atoms with Crippen LogP contribution >= 0.6 is 0 Å². The normalized spacial score (nSPS) is 12.9. The van der Waals surface area contributed by atoms with E-state index in [1.807, 2.05) is 0 Å². The molecule has 6 nitrogen and oxygen atoms in total. The number of hydrogen-bond donors (Lipinski definition) is 2. The lowest BCUT2D eigenvalue weighted by Crippen LogP contribution is -2.27. The maximum absolute atomic E-state index is 14.3. The number of halogens is 4. The van der Waals surface area contributed by atoms with E-state index in [4.69, 9.17) is 0 Å². The Labute approximate surface area is 189 Å². The summed E-state index contributed by atoms with van der Waals surface area (Å²) in [4.78, 5) is 24.4. The number of benzene rings is 2. The predicted molar refractivity (Wildman–Crippen MR) is 120 cm³/mol. The number of aromatic amines is 1. The van der Waals surface area contributed by atoms with E-state index in [0.29, 0.717) is 11.4 Å². The molecule has 172 valence electrons. The van der Waals surface area contributed by atoms with E-state index < -0.39 is 34.5 Å². The summed E-state index contributed by atoms with van der Waals surface area (Å²) < 4.78 is 56.7. The topological polar surface area (TPSA) is 75.6 Å². The first-order valence-electron chi connectivity index (χ1n) is 10.3. The second-order valence-electron chi connectivity index (χ2n) is 7.76. The average molecular weight is 467 g/mol. The molecule has 0 saturated carbocycles. The molecule has 0 spiro atoms. The summed E-state index contributed by atoms with van der Waals surface area (Å²) in [7, 11) is 0. The Bertz CT molecular complexity index is 1570. The van der Waals surface area contributed by atoms with E-state index in [1.165, 1.54) is 29.1 Å². The van der Waals surface area contributed by atoms with Crippen LogP contribution in [0.4, 0.5) is 23.4 Å².